The lowest BCUT2D eigenvalue weighted by Crippen LogP contribution is -2.13. The van der Waals surface area contributed by atoms with Crippen molar-refractivity contribution in [2.45, 2.75) is 6.42 Å². The Morgan fingerprint density at radius 2 is 2.15 bits per heavy atom. The third-order valence-corrected chi connectivity index (χ3v) is 4.83. The van der Waals surface area contributed by atoms with E-state index in [1.54, 1.807) is 13.3 Å². The highest BCUT2D eigenvalue weighted by Gasteiger charge is 2.21. The van der Waals surface area contributed by atoms with Crippen LogP contribution in [-0.2, 0) is 6.42 Å². The Bertz CT molecular complexity index is 1010. The van der Waals surface area contributed by atoms with Crippen LogP contribution in [0.25, 0.3) is 0 Å². The molecule has 2 aromatic carbocycles. The van der Waals surface area contributed by atoms with Gasteiger partial charge in [0.2, 0.25) is 0 Å². The smallest absolute Gasteiger partial charge is 0.282 e. The molecule has 1 aromatic heterocycles. The number of nitrogens with one attached hydrogen (secondary N) is 1. The number of aromatic nitrogens is 1. The van der Waals surface area contributed by atoms with E-state index in [-0.39, 0.29) is 16.3 Å². The second-order valence-electron chi connectivity index (χ2n) is 5.53. The third kappa shape index (κ3) is 4.60. The van der Waals surface area contributed by atoms with Crippen molar-refractivity contribution in [2.24, 2.45) is 0 Å². The monoisotopic (exact) mass is 403 g/mol. The molecular weight excluding hydrogens is 390 g/mol. The molecular formula is C18H14ClN3O4S. The largest absolute Gasteiger partial charge is 0.497 e. The summed E-state index contributed by atoms with van der Waals surface area (Å²) >= 11 is 7.16. The van der Waals surface area contributed by atoms with E-state index >= 15 is 0 Å². The number of nitrogens with zero attached hydrogens (tertiary/aromatic N) is 2. The van der Waals surface area contributed by atoms with E-state index in [4.69, 9.17) is 16.3 Å². The average Bonchev–Trinajstić information content (AvgIpc) is 3.08. The number of benzene rings is 2. The minimum Gasteiger partial charge on any atom is -0.497 e. The zero-order valence-electron chi connectivity index (χ0n) is 14.1. The highest BCUT2D eigenvalue weighted by atomic mass is 35.5. The molecule has 0 atom stereocenters. The van der Waals surface area contributed by atoms with E-state index in [1.165, 1.54) is 29.5 Å². The number of halogens is 1. The molecule has 0 radical (unpaired) electrons. The fraction of sp³-hybridized carbons (Fsp3) is 0.111. The second-order valence-corrected chi connectivity index (χ2v) is 7.08. The predicted octanol–water partition coefficient (Wildman–Crippen LogP) is 4.56. The van der Waals surface area contributed by atoms with Gasteiger partial charge in [-0.25, -0.2) is 4.98 Å². The molecule has 0 saturated heterocycles. The Labute approximate surface area is 163 Å². The molecule has 9 heteroatoms. The Morgan fingerprint density at radius 1 is 1.33 bits per heavy atom. The minimum atomic E-state index is -0.633. The van der Waals surface area contributed by atoms with Crippen molar-refractivity contribution in [3.05, 3.63) is 79.8 Å². The topological polar surface area (TPSA) is 94.4 Å². The summed E-state index contributed by atoms with van der Waals surface area (Å²) in [6, 6.07) is 11.5. The van der Waals surface area contributed by atoms with Crippen molar-refractivity contribution >= 4 is 39.7 Å². The van der Waals surface area contributed by atoms with E-state index in [1.807, 2.05) is 24.3 Å². The molecule has 0 spiro atoms. The number of carbonyl (C=O) groups excluding carboxylic acids is 1. The van der Waals surface area contributed by atoms with Gasteiger partial charge in [-0.1, -0.05) is 23.7 Å². The molecule has 1 N–H and O–H groups in total. The maximum atomic E-state index is 12.4. The van der Waals surface area contributed by atoms with Gasteiger partial charge in [-0.15, -0.1) is 11.3 Å². The lowest BCUT2D eigenvalue weighted by Gasteiger charge is -2.04. The number of ether oxygens (including phenoxy) is 1. The first-order chi connectivity index (χ1) is 13.0. The van der Waals surface area contributed by atoms with Crippen molar-refractivity contribution in [2.75, 3.05) is 12.4 Å². The summed E-state index contributed by atoms with van der Waals surface area (Å²) in [6.07, 6.45) is 2.29. The summed E-state index contributed by atoms with van der Waals surface area (Å²) in [4.78, 5) is 28.0. The highest BCUT2D eigenvalue weighted by Crippen LogP contribution is 2.26. The molecule has 1 amide bonds. The van der Waals surface area contributed by atoms with Gasteiger partial charge in [0.15, 0.2) is 5.13 Å². The van der Waals surface area contributed by atoms with Crippen LogP contribution in [-0.4, -0.2) is 22.9 Å². The number of rotatable bonds is 6. The molecule has 1 heterocycles. The standard InChI is InChI=1S/C18H14ClN3O4S/c1-26-13-4-2-3-11(7-13)8-14-10-20-18(27-14)21-17(23)15-9-12(19)5-6-16(15)22(24)25/h2-7,9-10H,8H2,1H3,(H,20,21,23). The lowest BCUT2D eigenvalue weighted by molar-refractivity contribution is -0.385. The summed E-state index contributed by atoms with van der Waals surface area (Å²) in [5.74, 6) is 0.130. The molecule has 0 aliphatic carbocycles. The molecule has 138 valence electrons. The number of hydrogen-bond donors (Lipinski definition) is 1. The fourth-order valence-corrected chi connectivity index (χ4v) is 3.46. The zero-order chi connectivity index (χ0) is 19.4. The molecule has 3 aromatic rings. The summed E-state index contributed by atoms with van der Waals surface area (Å²) < 4.78 is 5.20. The number of nitro benzene ring substituents is 1. The Hall–Kier alpha value is -2.97. The van der Waals surface area contributed by atoms with Gasteiger partial charge >= 0.3 is 0 Å². The van der Waals surface area contributed by atoms with Gasteiger partial charge < -0.3 is 4.74 Å². The Morgan fingerprint density at radius 3 is 2.89 bits per heavy atom. The molecule has 0 saturated carbocycles. The second kappa shape index (κ2) is 8.15. The van der Waals surface area contributed by atoms with Crippen LogP contribution in [0.2, 0.25) is 5.02 Å². The van der Waals surface area contributed by atoms with Gasteiger partial charge in [0.1, 0.15) is 11.3 Å². The van der Waals surface area contributed by atoms with Crippen LogP contribution in [0.3, 0.4) is 0 Å². The van der Waals surface area contributed by atoms with E-state index < -0.39 is 10.8 Å². The van der Waals surface area contributed by atoms with Gasteiger partial charge in [-0.2, -0.15) is 0 Å². The number of hydrogen-bond acceptors (Lipinski definition) is 6. The average molecular weight is 404 g/mol. The SMILES string of the molecule is COc1cccc(Cc2cnc(NC(=O)c3cc(Cl)ccc3[N+](=O)[O-])s2)c1. The van der Waals surface area contributed by atoms with Crippen molar-refractivity contribution in [3.8, 4) is 5.75 Å². The van der Waals surface area contributed by atoms with Crippen molar-refractivity contribution in [3.63, 3.8) is 0 Å². The number of thiazole rings is 1. The molecule has 0 aliphatic heterocycles. The van der Waals surface area contributed by atoms with Crippen molar-refractivity contribution in [1.29, 1.82) is 0 Å². The normalized spacial score (nSPS) is 10.4. The van der Waals surface area contributed by atoms with Gasteiger partial charge in [-0.3, -0.25) is 20.2 Å². The van der Waals surface area contributed by atoms with Crippen LogP contribution >= 0.6 is 22.9 Å². The van der Waals surface area contributed by atoms with Gasteiger partial charge in [0.05, 0.1) is 12.0 Å². The van der Waals surface area contributed by atoms with Crippen LogP contribution < -0.4 is 10.1 Å². The van der Waals surface area contributed by atoms with E-state index in [0.29, 0.717) is 11.6 Å². The molecule has 3 rings (SSSR count). The van der Waals surface area contributed by atoms with Crippen LogP contribution in [0.4, 0.5) is 10.8 Å². The third-order valence-electron chi connectivity index (χ3n) is 3.69. The molecule has 0 unspecified atom stereocenters. The van der Waals surface area contributed by atoms with E-state index in [0.717, 1.165) is 16.2 Å². The van der Waals surface area contributed by atoms with Crippen molar-refractivity contribution in [1.82, 2.24) is 4.98 Å². The Kier molecular flexibility index (Phi) is 5.68. The van der Waals surface area contributed by atoms with Crippen LogP contribution in [0, 0.1) is 10.1 Å². The number of anilines is 1. The number of methoxy groups -OCH3 is 1. The number of nitro groups is 1. The summed E-state index contributed by atoms with van der Waals surface area (Å²) in [5, 5.41) is 14.3. The maximum Gasteiger partial charge on any atom is 0.282 e. The van der Waals surface area contributed by atoms with Crippen LogP contribution in [0.1, 0.15) is 20.8 Å². The summed E-state index contributed by atoms with van der Waals surface area (Å²) in [5.41, 5.74) is 0.614. The molecule has 0 fully saturated rings. The van der Waals surface area contributed by atoms with Crippen molar-refractivity contribution < 1.29 is 14.5 Å². The van der Waals surface area contributed by atoms with Gasteiger partial charge in [0, 0.05) is 28.6 Å². The van der Waals surface area contributed by atoms with Gasteiger partial charge in [-0.05, 0) is 29.8 Å². The number of carbonyl (C=O) groups is 1. The first-order valence-electron chi connectivity index (χ1n) is 7.79. The van der Waals surface area contributed by atoms with Gasteiger partial charge in [0.25, 0.3) is 11.6 Å². The Balaban J connectivity index is 1.75. The van der Waals surface area contributed by atoms with Crippen LogP contribution in [0.15, 0.2) is 48.7 Å². The lowest BCUT2D eigenvalue weighted by atomic mass is 10.1. The molecule has 0 bridgehead atoms. The molecule has 0 aliphatic rings. The summed E-state index contributed by atoms with van der Waals surface area (Å²) in [6.45, 7) is 0. The first-order valence-corrected chi connectivity index (χ1v) is 8.98. The maximum absolute atomic E-state index is 12.4. The van der Waals surface area contributed by atoms with E-state index in [2.05, 4.69) is 10.3 Å². The predicted molar refractivity (Wildman–Crippen MR) is 104 cm³/mol. The quantitative estimate of drug-likeness (QED) is 0.481. The highest BCUT2D eigenvalue weighted by molar-refractivity contribution is 7.15. The minimum absolute atomic E-state index is 0.114. The number of amides is 1. The van der Waals surface area contributed by atoms with Crippen LogP contribution in [0.5, 0.6) is 5.75 Å². The fourth-order valence-electron chi connectivity index (χ4n) is 2.44. The first kappa shape index (κ1) is 18.8. The summed E-state index contributed by atoms with van der Waals surface area (Å²) in [7, 11) is 1.61. The molecule has 27 heavy (non-hydrogen) atoms. The molecule has 7 nitrogen and oxygen atoms in total. The van der Waals surface area contributed by atoms with E-state index in [9.17, 15) is 14.9 Å². The zero-order valence-corrected chi connectivity index (χ0v) is 15.7.